The molecule has 2 N–H and O–H groups in total. The molecule has 0 aliphatic heterocycles. The SMILES string of the molecule is CCOCn1cc(NC(=O)c2ccnn2CC(=O)O)cn1. The van der Waals surface area contributed by atoms with Gasteiger partial charge in [-0.15, -0.1) is 0 Å². The normalized spacial score (nSPS) is 10.5. The summed E-state index contributed by atoms with van der Waals surface area (Å²) in [6.45, 7) is 2.36. The van der Waals surface area contributed by atoms with Gasteiger partial charge in [-0.05, 0) is 13.0 Å². The van der Waals surface area contributed by atoms with E-state index in [2.05, 4.69) is 15.5 Å². The molecule has 0 aromatic carbocycles. The average molecular weight is 293 g/mol. The van der Waals surface area contributed by atoms with Crippen molar-refractivity contribution >= 4 is 17.6 Å². The van der Waals surface area contributed by atoms with E-state index in [9.17, 15) is 9.59 Å². The molecule has 0 aliphatic rings. The summed E-state index contributed by atoms with van der Waals surface area (Å²) in [6.07, 6.45) is 4.47. The minimum absolute atomic E-state index is 0.162. The second-order valence-electron chi connectivity index (χ2n) is 4.11. The van der Waals surface area contributed by atoms with Crippen LogP contribution < -0.4 is 5.32 Å². The van der Waals surface area contributed by atoms with Crippen molar-refractivity contribution in [3.05, 3.63) is 30.4 Å². The van der Waals surface area contributed by atoms with Crippen molar-refractivity contribution in [3.8, 4) is 0 Å². The first-order chi connectivity index (χ1) is 10.1. The Kier molecular flexibility index (Phi) is 4.67. The van der Waals surface area contributed by atoms with Gasteiger partial charge >= 0.3 is 5.97 Å². The van der Waals surface area contributed by atoms with Crippen LogP contribution in [0.2, 0.25) is 0 Å². The number of carboxylic acid groups (broad SMARTS) is 1. The van der Waals surface area contributed by atoms with Gasteiger partial charge in [0.05, 0.1) is 18.1 Å². The van der Waals surface area contributed by atoms with Gasteiger partial charge in [-0.2, -0.15) is 10.2 Å². The zero-order valence-electron chi connectivity index (χ0n) is 11.4. The molecule has 21 heavy (non-hydrogen) atoms. The molecule has 0 radical (unpaired) electrons. The molecule has 1 amide bonds. The van der Waals surface area contributed by atoms with Gasteiger partial charge in [0.1, 0.15) is 19.0 Å². The highest BCUT2D eigenvalue weighted by molar-refractivity contribution is 6.03. The largest absolute Gasteiger partial charge is 0.480 e. The Labute approximate surface area is 120 Å². The molecule has 9 heteroatoms. The van der Waals surface area contributed by atoms with Crippen molar-refractivity contribution in [1.29, 1.82) is 0 Å². The lowest BCUT2D eigenvalue weighted by molar-refractivity contribution is -0.137. The van der Waals surface area contributed by atoms with Crippen molar-refractivity contribution in [3.63, 3.8) is 0 Å². The van der Waals surface area contributed by atoms with Crippen LogP contribution >= 0.6 is 0 Å². The lowest BCUT2D eigenvalue weighted by Crippen LogP contribution is -2.20. The maximum atomic E-state index is 12.1. The third-order valence-electron chi connectivity index (χ3n) is 2.55. The number of aromatic nitrogens is 4. The number of hydrogen-bond acceptors (Lipinski definition) is 5. The maximum Gasteiger partial charge on any atom is 0.325 e. The van der Waals surface area contributed by atoms with Crippen LogP contribution in [-0.4, -0.2) is 43.2 Å². The number of carbonyl (C=O) groups excluding carboxylic acids is 1. The Morgan fingerprint density at radius 2 is 2.24 bits per heavy atom. The summed E-state index contributed by atoms with van der Waals surface area (Å²) in [6, 6.07) is 1.45. The number of hydrogen-bond donors (Lipinski definition) is 2. The van der Waals surface area contributed by atoms with E-state index in [0.717, 1.165) is 4.68 Å². The molecule has 0 bridgehead atoms. The Hall–Kier alpha value is -2.68. The summed E-state index contributed by atoms with van der Waals surface area (Å²) in [4.78, 5) is 22.8. The van der Waals surface area contributed by atoms with E-state index in [0.29, 0.717) is 19.0 Å². The molecular weight excluding hydrogens is 278 g/mol. The number of amides is 1. The highest BCUT2D eigenvalue weighted by atomic mass is 16.5. The summed E-state index contributed by atoms with van der Waals surface area (Å²) in [5.74, 6) is -1.53. The van der Waals surface area contributed by atoms with E-state index in [-0.39, 0.29) is 12.2 Å². The highest BCUT2D eigenvalue weighted by Gasteiger charge is 2.14. The smallest absolute Gasteiger partial charge is 0.325 e. The topological polar surface area (TPSA) is 111 Å². The predicted molar refractivity (Wildman–Crippen MR) is 71.7 cm³/mol. The summed E-state index contributed by atoms with van der Waals surface area (Å²) in [5, 5.41) is 19.2. The van der Waals surface area contributed by atoms with Gasteiger partial charge in [-0.3, -0.25) is 9.59 Å². The van der Waals surface area contributed by atoms with Crippen molar-refractivity contribution in [2.24, 2.45) is 0 Å². The monoisotopic (exact) mass is 293 g/mol. The Morgan fingerprint density at radius 3 is 2.95 bits per heavy atom. The number of nitrogens with zero attached hydrogens (tertiary/aromatic N) is 4. The van der Waals surface area contributed by atoms with Gasteiger partial charge in [-0.25, -0.2) is 9.36 Å². The van der Waals surface area contributed by atoms with Gasteiger partial charge in [-0.1, -0.05) is 0 Å². The molecule has 0 fully saturated rings. The van der Waals surface area contributed by atoms with Crippen LogP contribution in [0.4, 0.5) is 5.69 Å². The minimum atomic E-state index is -1.07. The number of carboxylic acids is 1. The molecule has 2 rings (SSSR count). The molecule has 0 saturated heterocycles. The van der Waals surface area contributed by atoms with E-state index in [1.165, 1.54) is 23.1 Å². The molecule has 0 unspecified atom stereocenters. The number of anilines is 1. The zero-order chi connectivity index (χ0) is 15.2. The summed E-state index contributed by atoms with van der Waals surface area (Å²) >= 11 is 0. The molecule has 0 spiro atoms. The van der Waals surface area contributed by atoms with Crippen LogP contribution in [0.1, 0.15) is 17.4 Å². The van der Waals surface area contributed by atoms with Gasteiger partial charge in [0, 0.05) is 12.8 Å². The van der Waals surface area contributed by atoms with Gasteiger partial charge < -0.3 is 15.2 Å². The number of aliphatic carboxylic acids is 1. The summed E-state index contributed by atoms with van der Waals surface area (Å²) in [5.41, 5.74) is 0.651. The van der Waals surface area contributed by atoms with Crippen molar-refractivity contribution in [2.45, 2.75) is 20.2 Å². The van der Waals surface area contributed by atoms with Gasteiger partial charge in [0.2, 0.25) is 0 Å². The average Bonchev–Trinajstić information content (AvgIpc) is 3.05. The molecule has 112 valence electrons. The third-order valence-corrected chi connectivity index (χ3v) is 2.55. The maximum absolute atomic E-state index is 12.1. The number of carbonyl (C=O) groups is 2. The fraction of sp³-hybridized carbons (Fsp3) is 0.333. The second-order valence-corrected chi connectivity index (χ2v) is 4.11. The fourth-order valence-corrected chi connectivity index (χ4v) is 1.66. The van der Waals surface area contributed by atoms with Crippen LogP contribution in [0.25, 0.3) is 0 Å². The van der Waals surface area contributed by atoms with Crippen LogP contribution in [0.5, 0.6) is 0 Å². The van der Waals surface area contributed by atoms with E-state index >= 15 is 0 Å². The highest BCUT2D eigenvalue weighted by Crippen LogP contribution is 2.08. The standard InChI is InChI=1S/C12H15N5O4/c1-2-21-8-16-6-9(5-14-16)15-12(20)10-3-4-13-17(10)7-11(18)19/h3-6H,2,7-8H2,1H3,(H,15,20)(H,18,19). The fourth-order valence-electron chi connectivity index (χ4n) is 1.66. The zero-order valence-corrected chi connectivity index (χ0v) is 11.4. The third kappa shape index (κ3) is 3.89. The van der Waals surface area contributed by atoms with Crippen molar-refractivity contribution in [2.75, 3.05) is 11.9 Å². The Bertz CT molecular complexity index is 633. The Morgan fingerprint density at radius 1 is 1.43 bits per heavy atom. The van der Waals surface area contributed by atoms with Crippen LogP contribution in [0, 0.1) is 0 Å². The Balaban J connectivity index is 2.02. The first-order valence-corrected chi connectivity index (χ1v) is 6.25. The molecule has 2 heterocycles. The molecule has 0 saturated carbocycles. The van der Waals surface area contributed by atoms with E-state index in [1.54, 1.807) is 6.20 Å². The molecule has 9 nitrogen and oxygen atoms in total. The lowest BCUT2D eigenvalue weighted by atomic mass is 10.4. The number of ether oxygens (including phenoxy) is 1. The minimum Gasteiger partial charge on any atom is -0.480 e. The summed E-state index contributed by atoms with van der Waals surface area (Å²) < 4.78 is 7.83. The van der Waals surface area contributed by atoms with E-state index in [1.807, 2.05) is 6.92 Å². The van der Waals surface area contributed by atoms with Crippen LogP contribution in [0.15, 0.2) is 24.7 Å². The second kappa shape index (κ2) is 6.66. The van der Waals surface area contributed by atoms with E-state index in [4.69, 9.17) is 9.84 Å². The first kappa shape index (κ1) is 14.7. The number of rotatable bonds is 7. The van der Waals surface area contributed by atoms with Crippen LogP contribution in [-0.2, 0) is 22.8 Å². The molecule has 0 atom stereocenters. The molecule has 2 aromatic heterocycles. The van der Waals surface area contributed by atoms with Gasteiger partial charge in [0.15, 0.2) is 0 Å². The predicted octanol–water partition coefficient (Wildman–Crippen LogP) is 0.410. The summed E-state index contributed by atoms with van der Waals surface area (Å²) in [7, 11) is 0. The quantitative estimate of drug-likeness (QED) is 0.765. The first-order valence-electron chi connectivity index (χ1n) is 6.25. The number of nitrogens with one attached hydrogen (secondary N) is 1. The molecule has 0 aliphatic carbocycles. The van der Waals surface area contributed by atoms with Crippen molar-refractivity contribution in [1.82, 2.24) is 19.6 Å². The van der Waals surface area contributed by atoms with E-state index < -0.39 is 11.9 Å². The van der Waals surface area contributed by atoms with Crippen molar-refractivity contribution < 1.29 is 19.4 Å². The van der Waals surface area contributed by atoms with Crippen LogP contribution in [0.3, 0.4) is 0 Å². The molecule has 2 aromatic rings. The molecular formula is C12H15N5O4. The van der Waals surface area contributed by atoms with Gasteiger partial charge in [0.25, 0.3) is 5.91 Å². The lowest BCUT2D eigenvalue weighted by Gasteiger charge is -2.05.